The molecule has 0 spiro atoms. The number of thiophene rings is 1. The lowest BCUT2D eigenvalue weighted by molar-refractivity contribution is 0.574. The fraction of sp³-hybridized carbons (Fsp3) is 0.429. The number of nitrogens with one attached hydrogen (secondary N) is 1. The molecule has 0 saturated carbocycles. The molecule has 1 unspecified atom stereocenters. The van der Waals surface area contributed by atoms with E-state index in [0.29, 0.717) is 4.88 Å². The van der Waals surface area contributed by atoms with Gasteiger partial charge in [-0.05, 0) is 19.1 Å². The Bertz CT molecular complexity index is 575. The van der Waals surface area contributed by atoms with Gasteiger partial charge >= 0.3 is 0 Å². The largest absolute Gasteiger partial charge is 0.270 e. The molecule has 0 radical (unpaired) electrons. The Balaban J connectivity index is 2.95. The van der Waals surface area contributed by atoms with Crippen molar-refractivity contribution in [3.63, 3.8) is 0 Å². The van der Waals surface area contributed by atoms with Crippen LogP contribution in [-0.2, 0) is 19.1 Å². The van der Waals surface area contributed by atoms with E-state index in [1.807, 2.05) is 0 Å². The van der Waals surface area contributed by atoms with Crippen molar-refractivity contribution >= 4 is 41.1 Å². The summed E-state index contributed by atoms with van der Waals surface area (Å²) in [6.07, 6.45) is 1.04. The van der Waals surface area contributed by atoms with Crippen LogP contribution in [0.2, 0.25) is 0 Å². The zero-order valence-electron chi connectivity index (χ0n) is 8.47. The number of rotatable bonds is 4. The normalized spacial score (nSPS) is 14.9. The van der Waals surface area contributed by atoms with Gasteiger partial charge in [0.1, 0.15) is 4.21 Å². The molecule has 1 rings (SSSR count). The second kappa shape index (κ2) is 4.61. The molecular formula is C7H10ClNO4S3. The molecule has 0 fully saturated rings. The second-order valence-corrected chi connectivity index (χ2v) is 8.89. The summed E-state index contributed by atoms with van der Waals surface area (Å²) in [5, 5.41) is 0. The summed E-state index contributed by atoms with van der Waals surface area (Å²) in [6.45, 7) is 1.62. The molecule has 92 valence electrons. The van der Waals surface area contributed by atoms with E-state index in [2.05, 4.69) is 4.72 Å². The van der Waals surface area contributed by atoms with Gasteiger partial charge in [-0.1, -0.05) is 0 Å². The molecule has 9 heteroatoms. The van der Waals surface area contributed by atoms with Crippen LogP contribution >= 0.6 is 22.0 Å². The van der Waals surface area contributed by atoms with Gasteiger partial charge in [-0.15, -0.1) is 11.3 Å². The van der Waals surface area contributed by atoms with Crippen molar-refractivity contribution in [3.05, 3.63) is 17.0 Å². The highest BCUT2D eigenvalue weighted by Crippen LogP contribution is 2.28. The third kappa shape index (κ3) is 4.02. The van der Waals surface area contributed by atoms with Gasteiger partial charge in [0.15, 0.2) is 0 Å². The Morgan fingerprint density at radius 1 is 1.31 bits per heavy atom. The Morgan fingerprint density at radius 2 is 1.88 bits per heavy atom. The first-order valence-corrected chi connectivity index (χ1v) is 9.13. The zero-order chi connectivity index (χ0) is 12.6. The SMILES string of the molecule is CC(NS(C)(=O)=O)c1ccc(S(=O)(=O)Cl)s1. The van der Waals surface area contributed by atoms with Gasteiger partial charge in [-0.3, -0.25) is 0 Å². The maximum Gasteiger partial charge on any atom is 0.270 e. The van der Waals surface area contributed by atoms with Crippen molar-refractivity contribution < 1.29 is 16.8 Å². The second-order valence-electron chi connectivity index (χ2n) is 3.21. The van der Waals surface area contributed by atoms with Crippen LogP contribution in [-0.4, -0.2) is 23.1 Å². The first-order chi connectivity index (χ1) is 7.09. The van der Waals surface area contributed by atoms with Crippen molar-refractivity contribution in [2.45, 2.75) is 17.2 Å². The lowest BCUT2D eigenvalue weighted by atomic mass is 10.3. The molecule has 0 aliphatic heterocycles. The average molecular weight is 304 g/mol. The summed E-state index contributed by atoms with van der Waals surface area (Å²) in [5.41, 5.74) is 0. The lowest BCUT2D eigenvalue weighted by Gasteiger charge is -2.09. The van der Waals surface area contributed by atoms with Crippen LogP contribution in [0.25, 0.3) is 0 Å². The van der Waals surface area contributed by atoms with Crippen molar-refractivity contribution in [2.75, 3.05) is 6.26 Å². The van der Waals surface area contributed by atoms with Gasteiger partial charge in [0, 0.05) is 15.6 Å². The van der Waals surface area contributed by atoms with Gasteiger partial charge in [-0.2, -0.15) is 0 Å². The van der Waals surface area contributed by atoms with E-state index in [0.717, 1.165) is 17.6 Å². The van der Waals surface area contributed by atoms with Crippen molar-refractivity contribution in [1.82, 2.24) is 4.72 Å². The van der Waals surface area contributed by atoms with E-state index in [1.54, 1.807) is 6.92 Å². The third-order valence-electron chi connectivity index (χ3n) is 1.66. The molecule has 16 heavy (non-hydrogen) atoms. The summed E-state index contributed by atoms with van der Waals surface area (Å²) in [6, 6.07) is 2.40. The van der Waals surface area contributed by atoms with E-state index >= 15 is 0 Å². The molecular weight excluding hydrogens is 294 g/mol. The van der Waals surface area contributed by atoms with Crippen LogP contribution in [0.5, 0.6) is 0 Å². The Labute approximate surface area is 103 Å². The molecule has 0 bridgehead atoms. The predicted octanol–water partition coefficient (Wildman–Crippen LogP) is 1.29. The third-order valence-corrected chi connectivity index (χ3v) is 5.80. The average Bonchev–Trinajstić information content (AvgIpc) is 2.46. The minimum Gasteiger partial charge on any atom is -0.213 e. The monoisotopic (exact) mass is 303 g/mol. The quantitative estimate of drug-likeness (QED) is 0.850. The molecule has 0 aliphatic rings. The fourth-order valence-corrected chi connectivity index (χ4v) is 4.02. The first-order valence-electron chi connectivity index (χ1n) is 4.11. The molecule has 0 saturated heterocycles. The zero-order valence-corrected chi connectivity index (χ0v) is 11.7. The van der Waals surface area contributed by atoms with Gasteiger partial charge < -0.3 is 0 Å². The molecule has 1 aromatic heterocycles. The van der Waals surface area contributed by atoms with E-state index < -0.39 is 25.1 Å². The standard InChI is InChI=1S/C7H10ClNO4S3/c1-5(9-15(2,10)11)6-3-4-7(14-6)16(8,12)13/h3-5,9H,1-2H3. The lowest BCUT2D eigenvalue weighted by Crippen LogP contribution is -2.24. The number of halogens is 1. The summed E-state index contributed by atoms with van der Waals surface area (Å²) >= 11 is 0.942. The van der Waals surface area contributed by atoms with Gasteiger partial charge in [0.25, 0.3) is 9.05 Å². The predicted molar refractivity (Wildman–Crippen MR) is 63.8 cm³/mol. The van der Waals surface area contributed by atoms with Gasteiger partial charge in [0.05, 0.1) is 12.3 Å². The van der Waals surface area contributed by atoms with Crippen LogP contribution in [0.3, 0.4) is 0 Å². The number of sulfonamides is 1. The number of hydrogen-bond acceptors (Lipinski definition) is 5. The molecule has 0 amide bonds. The summed E-state index contributed by atoms with van der Waals surface area (Å²) in [7, 11) is -1.92. The minimum atomic E-state index is -3.75. The van der Waals surface area contributed by atoms with E-state index in [1.165, 1.54) is 12.1 Å². The van der Waals surface area contributed by atoms with Crippen LogP contribution in [0.1, 0.15) is 17.8 Å². The van der Waals surface area contributed by atoms with E-state index in [4.69, 9.17) is 10.7 Å². The topological polar surface area (TPSA) is 80.3 Å². The van der Waals surface area contributed by atoms with Crippen LogP contribution in [0.4, 0.5) is 0 Å². The molecule has 1 aromatic rings. The summed E-state index contributed by atoms with van der Waals surface area (Å²) in [5.74, 6) is 0. The highest BCUT2D eigenvalue weighted by Gasteiger charge is 2.17. The fourth-order valence-electron chi connectivity index (χ4n) is 1.08. The highest BCUT2D eigenvalue weighted by molar-refractivity contribution is 8.15. The van der Waals surface area contributed by atoms with E-state index in [-0.39, 0.29) is 4.21 Å². The summed E-state index contributed by atoms with van der Waals surface area (Å²) in [4.78, 5) is 0.588. The van der Waals surface area contributed by atoms with Gasteiger partial charge in [0.2, 0.25) is 10.0 Å². The molecule has 0 aromatic carbocycles. The smallest absolute Gasteiger partial charge is 0.213 e. The summed E-state index contributed by atoms with van der Waals surface area (Å²) < 4.78 is 46.3. The highest BCUT2D eigenvalue weighted by atomic mass is 35.7. The Hall–Kier alpha value is -0.150. The van der Waals surface area contributed by atoms with Crippen LogP contribution in [0.15, 0.2) is 16.3 Å². The Morgan fingerprint density at radius 3 is 2.25 bits per heavy atom. The molecule has 1 heterocycles. The Kier molecular flexibility index (Phi) is 4.01. The van der Waals surface area contributed by atoms with Gasteiger partial charge in [-0.25, -0.2) is 21.6 Å². The minimum absolute atomic E-state index is 0.00585. The van der Waals surface area contributed by atoms with E-state index in [9.17, 15) is 16.8 Å². The molecule has 1 atom stereocenters. The maximum atomic E-state index is 11.0. The van der Waals surface area contributed by atoms with Crippen molar-refractivity contribution in [3.8, 4) is 0 Å². The van der Waals surface area contributed by atoms with Crippen molar-refractivity contribution in [1.29, 1.82) is 0 Å². The van der Waals surface area contributed by atoms with Crippen LogP contribution < -0.4 is 4.72 Å². The number of hydrogen-bond donors (Lipinski definition) is 1. The van der Waals surface area contributed by atoms with Crippen LogP contribution in [0, 0.1) is 0 Å². The molecule has 1 N–H and O–H groups in total. The molecule has 5 nitrogen and oxygen atoms in total. The first kappa shape index (κ1) is 13.9. The van der Waals surface area contributed by atoms with Crippen molar-refractivity contribution in [2.24, 2.45) is 0 Å². The maximum absolute atomic E-state index is 11.0. The molecule has 0 aliphatic carbocycles.